The molecule has 0 saturated carbocycles. The summed E-state index contributed by atoms with van der Waals surface area (Å²) in [6.07, 6.45) is 3.74. The third-order valence-electron chi connectivity index (χ3n) is 3.67. The summed E-state index contributed by atoms with van der Waals surface area (Å²) in [7, 11) is 0. The minimum Gasteiger partial charge on any atom is -0.493 e. The molecule has 2 aliphatic heterocycles. The van der Waals surface area contributed by atoms with Crippen molar-refractivity contribution in [1.82, 2.24) is 5.32 Å². The van der Waals surface area contributed by atoms with Gasteiger partial charge in [0, 0.05) is 19.6 Å². The molecule has 2 heterocycles. The van der Waals surface area contributed by atoms with Crippen molar-refractivity contribution >= 4 is 5.91 Å². The molecule has 1 fully saturated rings. The lowest BCUT2D eigenvalue weighted by atomic mass is 10.1. The van der Waals surface area contributed by atoms with Crippen LogP contribution in [0.15, 0.2) is 18.2 Å². The molecule has 1 unspecified atom stereocenters. The summed E-state index contributed by atoms with van der Waals surface area (Å²) in [6.45, 7) is 2.21. The predicted octanol–water partition coefficient (Wildman–Crippen LogP) is 1.46. The maximum absolute atomic E-state index is 11.9. The highest BCUT2D eigenvalue weighted by Crippen LogP contribution is 2.25. The van der Waals surface area contributed by atoms with Crippen molar-refractivity contribution in [3.8, 4) is 5.75 Å². The summed E-state index contributed by atoms with van der Waals surface area (Å²) in [5.74, 6) is 1.03. The minimum absolute atomic E-state index is 0.0642. The molecule has 0 radical (unpaired) electrons. The van der Waals surface area contributed by atoms with Crippen molar-refractivity contribution in [2.75, 3.05) is 19.8 Å². The molecule has 102 valence electrons. The Bertz CT molecular complexity index is 466. The first-order valence-corrected chi connectivity index (χ1v) is 6.94. The van der Waals surface area contributed by atoms with Crippen LogP contribution >= 0.6 is 0 Å². The molecule has 0 aromatic heterocycles. The molecule has 4 heteroatoms. The lowest BCUT2D eigenvalue weighted by molar-refractivity contribution is -0.120. The molecule has 1 aromatic carbocycles. The van der Waals surface area contributed by atoms with Crippen LogP contribution in [0.3, 0.4) is 0 Å². The van der Waals surface area contributed by atoms with Crippen LogP contribution < -0.4 is 10.1 Å². The second-order valence-corrected chi connectivity index (χ2v) is 5.16. The molecule has 0 bridgehead atoms. The van der Waals surface area contributed by atoms with Crippen molar-refractivity contribution in [3.63, 3.8) is 0 Å². The van der Waals surface area contributed by atoms with Gasteiger partial charge in [-0.1, -0.05) is 12.1 Å². The Morgan fingerprint density at radius 2 is 2.32 bits per heavy atom. The first kappa shape index (κ1) is 12.5. The van der Waals surface area contributed by atoms with Gasteiger partial charge < -0.3 is 14.8 Å². The van der Waals surface area contributed by atoms with Gasteiger partial charge in [0.25, 0.3) is 0 Å². The highest BCUT2D eigenvalue weighted by molar-refractivity contribution is 5.78. The van der Waals surface area contributed by atoms with Gasteiger partial charge in [0.15, 0.2) is 0 Å². The van der Waals surface area contributed by atoms with Gasteiger partial charge in [-0.05, 0) is 30.0 Å². The largest absolute Gasteiger partial charge is 0.493 e. The molecule has 2 aliphatic rings. The van der Waals surface area contributed by atoms with Crippen molar-refractivity contribution in [2.45, 2.75) is 31.8 Å². The van der Waals surface area contributed by atoms with E-state index in [1.807, 2.05) is 12.1 Å². The minimum atomic E-state index is 0.0642. The molecule has 4 nitrogen and oxygen atoms in total. The number of amides is 1. The molecule has 19 heavy (non-hydrogen) atoms. The van der Waals surface area contributed by atoms with Gasteiger partial charge in [-0.3, -0.25) is 4.79 Å². The van der Waals surface area contributed by atoms with E-state index in [4.69, 9.17) is 9.47 Å². The van der Waals surface area contributed by atoms with E-state index in [0.717, 1.165) is 43.8 Å². The maximum atomic E-state index is 11.9. The number of carbonyl (C=O) groups excluding carboxylic acids is 1. The SMILES string of the molecule is O=C(Cc1ccc2c(c1)CCO2)NCC1CCCO1. The quantitative estimate of drug-likeness (QED) is 0.892. The average molecular weight is 261 g/mol. The lowest BCUT2D eigenvalue weighted by Crippen LogP contribution is -2.32. The molecule has 3 rings (SSSR count). The first-order valence-electron chi connectivity index (χ1n) is 6.94. The summed E-state index contributed by atoms with van der Waals surface area (Å²) >= 11 is 0. The van der Waals surface area contributed by atoms with Crippen LogP contribution in [0.25, 0.3) is 0 Å². The Labute approximate surface area is 113 Å². The van der Waals surface area contributed by atoms with E-state index in [2.05, 4.69) is 11.4 Å². The second-order valence-electron chi connectivity index (χ2n) is 5.16. The number of fused-ring (bicyclic) bond motifs is 1. The normalized spacial score (nSPS) is 20.9. The monoisotopic (exact) mass is 261 g/mol. The third-order valence-corrected chi connectivity index (χ3v) is 3.67. The fourth-order valence-electron chi connectivity index (χ4n) is 2.63. The molecule has 1 saturated heterocycles. The van der Waals surface area contributed by atoms with Gasteiger partial charge in [0.1, 0.15) is 5.75 Å². The van der Waals surface area contributed by atoms with Gasteiger partial charge in [-0.2, -0.15) is 0 Å². The average Bonchev–Trinajstić information content (AvgIpc) is 3.07. The fourth-order valence-corrected chi connectivity index (χ4v) is 2.63. The molecule has 1 aromatic rings. The summed E-state index contributed by atoms with van der Waals surface area (Å²) in [6, 6.07) is 6.01. The van der Waals surface area contributed by atoms with Gasteiger partial charge in [0.05, 0.1) is 19.1 Å². The maximum Gasteiger partial charge on any atom is 0.224 e. The molecular weight excluding hydrogens is 242 g/mol. The number of hydrogen-bond donors (Lipinski definition) is 1. The summed E-state index contributed by atoms with van der Waals surface area (Å²) in [5.41, 5.74) is 2.26. The van der Waals surface area contributed by atoms with Gasteiger partial charge in [-0.25, -0.2) is 0 Å². The number of carbonyl (C=O) groups is 1. The zero-order chi connectivity index (χ0) is 13.1. The molecular formula is C15H19NO3. The zero-order valence-corrected chi connectivity index (χ0v) is 11.0. The molecule has 0 aliphatic carbocycles. The second kappa shape index (κ2) is 5.61. The van der Waals surface area contributed by atoms with Gasteiger partial charge >= 0.3 is 0 Å². The van der Waals surface area contributed by atoms with Gasteiger partial charge in [-0.15, -0.1) is 0 Å². The Morgan fingerprint density at radius 1 is 1.37 bits per heavy atom. The van der Waals surface area contributed by atoms with E-state index in [1.54, 1.807) is 0 Å². The third kappa shape index (κ3) is 3.07. The topological polar surface area (TPSA) is 47.6 Å². The van der Waals surface area contributed by atoms with Crippen LogP contribution in [-0.4, -0.2) is 31.8 Å². The van der Waals surface area contributed by atoms with Crippen molar-refractivity contribution in [1.29, 1.82) is 0 Å². The Balaban J connectivity index is 1.51. The molecule has 1 atom stereocenters. The first-order chi connectivity index (χ1) is 9.31. The van der Waals surface area contributed by atoms with Crippen LogP contribution in [0.5, 0.6) is 5.75 Å². The van der Waals surface area contributed by atoms with E-state index < -0.39 is 0 Å². The van der Waals surface area contributed by atoms with E-state index in [-0.39, 0.29) is 12.0 Å². The lowest BCUT2D eigenvalue weighted by Gasteiger charge is -2.11. The Morgan fingerprint density at radius 3 is 3.16 bits per heavy atom. The molecule has 1 N–H and O–H groups in total. The predicted molar refractivity (Wildman–Crippen MR) is 71.3 cm³/mol. The number of hydrogen-bond acceptors (Lipinski definition) is 3. The summed E-state index contributed by atoms with van der Waals surface area (Å²) in [5, 5.41) is 2.95. The molecule has 1 amide bonds. The Hall–Kier alpha value is -1.55. The number of rotatable bonds is 4. The number of benzene rings is 1. The zero-order valence-electron chi connectivity index (χ0n) is 11.0. The Kier molecular flexibility index (Phi) is 3.69. The van der Waals surface area contributed by atoms with Crippen LogP contribution in [-0.2, 0) is 22.4 Å². The fraction of sp³-hybridized carbons (Fsp3) is 0.533. The van der Waals surface area contributed by atoms with Crippen LogP contribution in [0.4, 0.5) is 0 Å². The summed E-state index contributed by atoms with van der Waals surface area (Å²) in [4.78, 5) is 11.9. The highest BCUT2D eigenvalue weighted by atomic mass is 16.5. The molecule has 0 spiro atoms. The highest BCUT2D eigenvalue weighted by Gasteiger charge is 2.17. The number of ether oxygens (including phenoxy) is 2. The van der Waals surface area contributed by atoms with Gasteiger partial charge in [0.2, 0.25) is 5.91 Å². The van der Waals surface area contributed by atoms with Crippen LogP contribution in [0, 0.1) is 0 Å². The number of nitrogens with one attached hydrogen (secondary N) is 1. The van der Waals surface area contributed by atoms with Crippen molar-refractivity contribution in [2.24, 2.45) is 0 Å². The summed E-state index contributed by atoms with van der Waals surface area (Å²) < 4.78 is 10.9. The smallest absolute Gasteiger partial charge is 0.224 e. The van der Waals surface area contributed by atoms with E-state index in [9.17, 15) is 4.79 Å². The van der Waals surface area contributed by atoms with E-state index in [1.165, 1.54) is 5.56 Å². The van der Waals surface area contributed by atoms with Crippen molar-refractivity contribution < 1.29 is 14.3 Å². The van der Waals surface area contributed by atoms with Crippen molar-refractivity contribution in [3.05, 3.63) is 29.3 Å². The standard InChI is InChI=1S/C15H19NO3/c17-15(16-10-13-2-1-6-18-13)9-11-3-4-14-12(8-11)5-7-19-14/h3-4,8,13H,1-2,5-7,9-10H2,(H,16,17). The van der Waals surface area contributed by atoms with E-state index in [0.29, 0.717) is 13.0 Å². The van der Waals surface area contributed by atoms with Crippen LogP contribution in [0.1, 0.15) is 24.0 Å². The van der Waals surface area contributed by atoms with Crippen LogP contribution in [0.2, 0.25) is 0 Å². The van der Waals surface area contributed by atoms with E-state index >= 15 is 0 Å².